The Morgan fingerprint density at radius 3 is 2.40 bits per heavy atom. The van der Waals surface area contributed by atoms with Gasteiger partial charge in [0.15, 0.2) is 0 Å². The van der Waals surface area contributed by atoms with Gasteiger partial charge in [0.2, 0.25) is 0 Å². The van der Waals surface area contributed by atoms with E-state index < -0.39 is 18.9 Å². The van der Waals surface area contributed by atoms with Gasteiger partial charge in [-0.15, -0.1) is 0 Å². The van der Waals surface area contributed by atoms with Gasteiger partial charge in [-0.25, -0.2) is 0 Å². The molecule has 0 N–H and O–H groups in total. The molecule has 0 aromatic heterocycles. The Labute approximate surface area is 56.2 Å². The Balaban J connectivity index is 3.48. The number of hydrogen-bond donors (Lipinski definition) is 0. The Morgan fingerprint density at radius 1 is 1.60 bits per heavy atom. The Kier molecular flexibility index (Phi) is 3.16. The lowest BCUT2D eigenvalue weighted by Gasteiger charge is -2.07. The van der Waals surface area contributed by atoms with E-state index in [-0.39, 0.29) is 0 Å². The summed E-state index contributed by atoms with van der Waals surface area (Å²) in [4.78, 5) is 0. The lowest BCUT2D eigenvalue weighted by Crippen LogP contribution is -2.20. The predicted octanol–water partition coefficient (Wildman–Crippen LogP) is 1.48. The average Bonchev–Trinajstić information content (AvgIpc) is 1.81. The number of nitrogens with zero attached hydrogens (tertiary/aromatic N) is 1. The minimum absolute atomic E-state index is 0.998. The second-order valence-electron chi connectivity index (χ2n) is 1.70. The molecule has 5 heteroatoms. The fourth-order valence-corrected chi connectivity index (χ4v) is 0.257. The highest BCUT2D eigenvalue weighted by molar-refractivity contribution is 4.79. The zero-order valence-electron chi connectivity index (χ0n) is 5.27. The van der Waals surface area contributed by atoms with Gasteiger partial charge >= 0.3 is 6.18 Å². The van der Waals surface area contributed by atoms with Crippen LogP contribution >= 0.6 is 0 Å². The molecule has 0 heterocycles. The second-order valence-corrected chi connectivity index (χ2v) is 1.70. The zero-order chi connectivity index (χ0) is 8.20. The van der Waals surface area contributed by atoms with Gasteiger partial charge in [-0.1, -0.05) is 0 Å². The maximum absolute atomic E-state index is 11.3. The lowest BCUT2D eigenvalue weighted by atomic mass is 10.5. The lowest BCUT2D eigenvalue weighted by molar-refractivity contribution is -0.178. The highest BCUT2D eigenvalue weighted by atomic mass is 19.4. The van der Waals surface area contributed by atoms with E-state index in [0.29, 0.717) is 0 Å². The summed E-state index contributed by atoms with van der Waals surface area (Å²) in [7, 11) is 0. The van der Waals surface area contributed by atoms with Crippen LogP contribution in [0.5, 0.6) is 0 Å². The third-order valence-corrected chi connectivity index (χ3v) is 0.679. The maximum Gasteiger partial charge on any atom is 0.411 e. The average molecular weight is 153 g/mol. The number of alkyl halides is 3. The summed E-state index contributed by atoms with van der Waals surface area (Å²) in [6, 6.07) is 1.52. The molecule has 58 valence electrons. The van der Waals surface area contributed by atoms with E-state index in [9.17, 15) is 13.2 Å². The first-order valence-electron chi connectivity index (χ1n) is 2.53. The van der Waals surface area contributed by atoms with Crippen LogP contribution in [-0.4, -0.2) is 18.9 Å². The largest absolute Gasteiger partial charge is 0.411 e. The van der Waals surface area contributed by atoms with Gasteiger partial charge in [-0.2, -0.15) is 18.4 Å². The van der Waals surface area contributed by atoms with Crippen molar-refractivity contribution in [1.29, 1.82) is 5.26 Å². The third kappa shape index (κ3) is 5.38. The Morgan fingerprint density at radius 2 is 2.10 bits per heavy atom. The number of ether oxygens (including phenoxy) is 1. The Bertz CT molecular complexity index is 137. The molecule has 0 aromatic carbocycles. The highest BCUT2D eigenvalue weighted by Crippen LogP contribution is 2.14. The zero-order valence-corrected chi connectivity index (χ0v) is 5.27. The van der Waals surface area contributed by atoms with Crippen LogP contribution < -0.4 is 0 Å². The number of halogens is 3. The molecule has 0 aliphatic rings. The fraction of sp³-hybridized carbons (Fsp3) is 0.800. The molecule has 0 amide bonds. The van der Waals surface area contributed by atoms with Crippen molar-refractivity contribution in [1.82, 2.24) is 0 Å². The molecule has 0 aliphatic carbocycles. The van der Waals surface area contributed by atoms with Gasteiger partial charge in [0.1, 0.15) is 12.7 Å². The van der Waals surface area contributed by atoms with Crippen molar-refractivity contribution in [2.75, 3.05) is 6.61 Å². The first-order valence-corrected chi connectivity index (χ1v) is 2.53. The van der Waals surface area contributed by atoms with Crippen LogP contribution in [0.25, 0.3) is 0 Å². The molecule has 0 spiro atoms. The monoisotopic (exact) mass is 153 g/mol. The smallest absolute Gasteiger partial charge is 0.354 e. The minimum Gasteiger partial charge on any atom is -0.354 e. The van der Waals surface area contributed by atoms with Crippen LogP contribution in [-0.2, 0) is 4.74 Å². The first kappa shape index (κ1) is 9.24. The summed E-state index contributed by atoms with van der Waals surface area (Å²) >= 11 is 0. The minimum atomic E-state index is -4.34. The van der Waals surface area contributed by atoms with Crippen molar-refractivity contribution in [2.45, 2.75) is 19.2 Å². The van der Waals surface area contributed by atoms with E-state index in [1.165, 1.54) is 13.0 Å². The number of hydrogen-bond acceptors (Lipinski definition) is 2. The van der Waals surface area contributed by atoms with Gasteiger partial charge < -0.3 is 4.74 Å². The van der Waals surface area contributed by atoms with Gasteiger partial charge in [0, 0.05) is 0 Å². The van der Waals surface area contributed by atoms with Gasteiger partial charge in [-0.3, -0.25) is 0 Å². The SMILES string of the molecule is C[C@H](C#N)OCC(F)(F)F. The molecule has 2 nitrogen and oxygen atoms in total. The van der Waals surface area contributed by atoms with Crippen molar-refractivity contribution >= 4 is 0 Å². The highest BCUT2D eigenvalue weighted by Gasteiger charge is 2.28. The van der Waals surface area contributed by atoms with Gasteiger partial charge in [-0.05, 0) is 6.92 Å². The summed E-state index contributed by atoms with van der Waals surface area (Å²) in [5, 5.41) is 7.99. The molecule has 0 unspecified atom stereocenters. The molecule has 10 heavy (non-hydrogen) atoms. The summed E-state index contributed by atoms with van der Waals surface area (Å²) in [5.41, 5.74) is 0. The molecule has 0 rings (SSSR count). The predicted molar refractivity (Wildman–Crippen MR) is 27.1 cm³/mol. The molecule has 0 bridgehead atoms. The van der Waals surface area contributed by atoms with Crippen molar-refractivity contribution in [3.05, 3.63) is 0 Å². The van der Waals surface area contributed by atoms with E-state index in [4.69, 9.17) is 5.26 Å². The number of rotatable bonds is 2. The molecule has 0 aromatic rings. The normalized spacial score (nSPS) is 14.3. The van der Waals surface area contributed by atoms with Crippen molar-refractivity contribution < 1.29 is 17.9 Å². The summed E-state index contributed by atoms with van der Waals surface area (Å²) in [5.74, 6) is 0. The van der Waals surface area contributed by atoms with Crippen molar-refractivity contribution in [3.63, 3.8) is 0 Å². The molecular weight excluding hydrogens is 147 g/mol. The van der Waals surface area contributed by atoms with E-state index in [0.717, 1.165) is 0 Å². The summed E-state index contributed by atoms with van der Waals surface area (Å²) < 4.78 is 38.0. The second kappa shape index (κ2) is 3.42. The molecule has 0 fully saturated rings. The van der Waals surface area contributed by atoms with E-state index in [1.807, 2.05) is 0 Å². The molecule has 0 saturated heterocycles. The third-order valence-electron chi connectivity index (χ3n) is 0.679. The number of nitriles is 1. The Hall–Kier alpha value is -0.760. The first-order chi connectivity index (χ1) is 4.45. The van der Waals surface area contributed by atoms with Crippen LogP contribution in [0.4, 0.5) is 13.2 Å². The van der Waals surface area contributed by atoms with Crippen LogP contribution in [0.3, 0.4) is 0 Å². The maximum atomic E-state index is 11.3. The van der Waals surface area contributed by atoms with Crippen molar-refractivity contribution in [2.24, 2.45) is 0 Å². The van der Waals surface area contributed by atoms with E-state index in [2.05, 4.69) is 4.74 Å². The topological polar surface area (TPSA) is 33.0 Å². The van der Waals surface area contributed by atoms with Crippen LogP contribution in [0.1, 0.15) is 6.92 Å². The van der Waals surface area contributed by atoms with Crippen LogP contribution in [0.2, 0.25) is 0 Å². The fourth-order valence-electron chi connectivity index (χ4n) is 0.257. The molecule has 0 radical (unpaired) electrons. The van der Waals surface area contributed by atoms with E-state index in [1.54, 1.807) is 0 Å². The molecule has 0 aliphatic heterocycles. The standard InChI is InChI=1S/C5H6F3NO/c1-4(2-9)10-3-5(6,7)8/h4H,3H2,1H3/t4-/m1/s1. The molecule has 0 saturated carbocycles. The van der Waals surface area contributed by atoms with Gasteiger partial charge in [0.05, 0.1) is 6.07 Å². The summed E-state index contributed by atoms with van der Waals surface area (Å²) in [6.07, 6.45) is -5.34. The molecular formula is C5H6F3NO. The van der Waals surface area contributed by atoms with Crippen molar-refractivity contribution in [3.8, 4) is 6.07 Å². The van der Waals surface area contributed by atoms with Crippen LogP contribution in [0, 0.1) is 11.3 Å². The van der Waals surface area contributed by atoms with Gasteiger partial charge in [0.25, 0.3) is 0 Å². The van der Waals surface area contributed by atoms with Crippen LogP contribution in [0.15, 0.2) is 0 Å². The quantitative estimate of drug-likeness (QED) is 0.601. The summed E-state index contributed by atoms with van der Waals surface area (Å²) in [6.45, 7) is -0.104. The van der Waals surface area contributed by atoms with E-state index >= 15 is 0 Å². The molecule has 1 atom stereocenters.